The Morgan fingerprint density at radius 1 is 1.10 bits per heavy atom. The van der Waals surface area contributed by atoms with Gasteiger partial charge in [-0.15, -0.1) is 0 Å². The molecule has 0 atom stereocenters. The molecule has 0 saturated carbocycles. The maximum atomic E-state index is 12.2. The van der Waals surface area contributed by atoms with Gasteiger partial charge in [-0.25, -0.2) is 4.98 Å². The molecule has 0 bridgehead atoms. The van der Waals surface area contributed by atoms with E-state index < -0.39 is 0 Å². The monoisotopic (exact) mass is 279 g/mol. The van der Waals surface area contributed by atoms with Crippen molar-refractivity contribution < 1.29 is 9.21 Å². The number of anilines is 1. The summed E-state index contributed by atoms with van der Waals surface area (Å²) < 4.78 is 5.58. The van der Waals surface area contributed by atoms with Crippen molar-refractivity contribution in [2.75, 3.05) is 5.32 Å². The Bertz CT molecular complexity index is 752. The molecule has 0 radical (unpaired) electrons. The predicted molar refractivity (Wildman–Crippen MR) is 78.9 cm³/mol. The highest BCUT2D eigenvalue weighted by Gasteiger charge is 2.18. The molecule has 0 aliphatic heterocycles. The van der Waals surface area contributed by atoms with Gasteiger partial charge in [-0.1, -0.05) is 18.2 Å². The Kier molecular flexibility index (Phi) is 3.47. The number of benzene rings is 1. The topological polar surface area (TPSA) is 68.0 Å². The summed E-state index contributed by atoms with van der Waals surface area (Å²) in [5.74, 6) is 0.623. The van der Waals surface area contributed by atoms with Crippen molar-refractivity contribution in [2.24, 2.45) is 0 Å². The van der Waals surface area contributed by atoms with Gasteiger partial charge in [-0.3, -0.25) is 9.78 Å². The maximum Gasteiger partial charge on any atom is 0.277 e. The van der Waals surface area contributed by atoms with E-state index in [1.807, 2.05) is 30.3 Å². The fourth-order valence-corrected chi connectivity index (χ4v) is 1.94. The third kappa shape index (κ3) is 2.81. The molecule has 0 aliphatic carbocycles. The fourth-order valence-electron chi connectivity index (χ4n) is 1.94. The first-order chi connectivity index (χ1) is 10.2. The normalized spacial score (nSPS) is 10.3. The average Bonchev–Trinajstić information content (AvgIpc) is 2.91. The van der Waals surface area contributed by atoms with Crippen LogP contribution in [0.4, 0.5) is 5.69 Å². The van der Waals surface area contributed by atoms with E-state index in [-0.39, 0.29) is 11.6 Å². The van der Waals surface area contributed by atoms with Gasteiger partial charge in [0, 0.05) is 23.6 Å². The second-order valence-electron chi connectivity index (χ2n) is 4.48. The molecule has 0 saturated heterocycles. The Hall–Kier alpha value is -2.95. The first-order valence-corrected chi connectivity index (χ1v) is 6.48. The van der Waals surface area contributed by atoms with Gasteiger partial charge in [-0.2, -0.15) is 0 Å². The molecule has 3 aromatic rings. The van der Waals surface area contributed by atoms with Gasteiger partial charge in [0.1, 0.15) is 5.76 Å². The van der Waals surface area contributed by atoms with Crippen LogP contribution in [0.5, 0.6) is 0 Å². The number of amides is 1. The number of oxazole rings is 1. The lowest BCUT2D eigenvalue weighted by Crippen LogP contribution is -2.13. The van der Waals surface area contributed by atoms with Crippen molar-refractivity contribution in [3.63, 3.8) is 0 Å². The minimum Gasteiger partial charge on any atom is -0.441 e. The van der Waals surface area contributed by atoms with E-state index in [0.29, 0.717) is 17.3 Å². The quantitative estimate of drug-likeness (QED) is 0.798. The minimum atomic E-state index is -0.301. The van der Waals surface area contributed by atoms with E-state index in [9.17, 15) is 4.79 Å². The summed E-state index contributed by atoms with van der Waals surface area (Å²) in [6.45, 7) is 1.72. The maximum absolute atomic E-state index is 12.2. The molecule has 3 rings (SSSR count). The molecule has 0 spiro atoms. The van der Waals surface area contributed by atoms with Crippen molar-refractivity contribution in [3.8, 4) is 11.5 Å². The minimum absolute atomic E-state index is 0.283. The molecule has 1 amide bonds. The van der Waals surface area contributed by atoms with Crippen molar-refractivity contribution in [1.29, 1.82) is 0 Å². The fraction of sp³-hybridized carbons (Fsp3) is 0.0625. The second kappa shape index (κ2) is 5.58. The van der Waals surface area contributed by atoms with Crippen LogP contribution in [0.1, 0.15) is 16.2 Å². The number of pyridine rings is 1. The molecule has 0 fully saturated rings. The Morgan fingerprint density at radius 3 is 2.52 bits per heavy atom. The lowest BCUT2D eigenvalue weighted by Gasteiger charge is -2.01. The number of rotatable bonds is 3. The first-order valence-electron chi connectivity index (χ1n) is 6.48. The molecule has 1 N–H and O–H groups in total. The summed E-state index contributed by atoms with van der Waals surface area (Å²) in [6, 6.07) is 12.9. The van der Waals surface area contributed by atoms with Crippen molar-refractivity contribution in [1.82, 2.24) is 9.97 Å². The zero-order valence-electron chi connectivity index (χ0n) is 11.4. The molecule has 104 valence electrons. The number of carbonyl (C=O) groups is 1. The molecule has 2 aromatic heterocycles. The molecule has 21 heavy (non-hydrogen) atoms. The Balaban J connectivity index is 1.86. The molecule has 2 heterocycles. The van der Waals surface area contributed by atoms with Gasteiger partial charge in [0.25, 0.3) is 5.91 Å². The summed E-state index contributed by atoms with van der Waals surface area (Å²) in [6.07, 6.45) is 3.22. The van der Waals surface area contributed by atoms with E-state index in [1.54, 1.807) is 31.5 Å². The van der Waals surface area contributed by atoms with Crippen molar-refractivity contribution in [2.45, 2.75) is 6.92 Å². The smallest absolute Gasteiger partial charge is 0.277 e. The highest BCUT2D eigenvalue weighted by atomic mass is 16.4. The molecular weight excluding hydrogens is 266 g/mol. The lowest BCUT2D eigenvalue weighted by atomic mass is 10.2. The number of nitrogens with zero attached hydrogens (tertiary/aromatic N) is 2. The zero-order chi connectivity index (χ0) is 14.7. The van der Waals surface area contributed by atoms with E-state index in [4.69, 9.17) is 4.42 Å². The lowest BCUT2D eigenvalue weighted by molar-refractivity contribution is 0.102. The summed E-state index contributed by atoms with van der Waals surface area (Å²) in [7, 11) is 0. The van der Waals surface area contributed by atoms with Crippen molar-refractivity contribution in [3.05, 3.63) is 66.3 Å². The van der Waals surface area contributed by atoms with E-state index >= 15 is 0 Å². The molecule has 5 nitrogen and oxygen atoms in total. The summed E-state index contributed by atoms with van der Waals surface area (Å²) >= 11 is 0. The van der Waals surface area contributed by atoms with Crippen LogP contribution in [0.3, 0.4) is 0 Å². The molecule has 0 unspecified atom stereocenters. The number of nitrogens with one attached hydrogen (secondary N) is 1. The van der Waals surface area contributed by atoms with Crippen LogP contribution in [0.2, 0.25) is 0 Å². The third-order valence-corrected chi connectivity index (χ3v) is 2.97. The standard InChI is InChI=1S/C16H13N3O2/c1-11-14(15(20)18-13-7-9-17-10-8-13)19-16(21-11)12-5-3-2-4-6-12/h2-10H,1H3,(H,17,18,20). The van der Waals surface area contributed by atoms with E-state index in [0.717, 1.165) is 5.56 Å². The number of aromatic nitrogens is 2. The SMILES string of the molecule is Cc1oc(-c2ccccc2)nc1C(=O)Nc1ccncc1. The van der Waals surface area contributed by atoms with Crippen LogP contribution in [0, 0.1) is 6.92 Å². The Morgan fingerprint density at radius 2 is 1.81 bits per heavy atom. The zero-order valence-corrected chi connectivity index (χ0v) is 11.4. The van der Waals surface area contributed by atoms with Gasteiger partial charge in [0.05, 0.1) is 0 Å². The Labute approximate surface area is 121 Å². The van der Waals surface area contributed by atoms with Gasteiger partial charge in [0.15, 0.2) is 5.69 Å². The third-order valence-electron chi connectivity index (χ3n) is 2.97. The highest BCUT2D eigenvalue weighted by Crippen LogP contribution is 2.22. The molecule has 5 heteroatoms. The van der Waals surface area contributed by atoms with Crippen LogP contribution in [-0.4, -0.2) is 15.9 Å². The van der Waals surface area contributed by atoms with Crippen LogP contribution in [0.25, 0.3) is 11.5 Å². The number of carbonyl (C=O) groups excluding carboxylic acids is 1. The number of hydrogen-bond acceptors (Lipinski definition) is 4. The van der Waals surface area contributed by atoms with E-state index in [2.05, 4.69) is 15.3 Å². The van der Waals surface area contributed by atoms with Crippen LogP contribution >= 0.6 is 0 Å². The number of aryl methyl sites for hydroxylation is 1. The molecule has 0 aliphatic rings. The van der Waals surface area contributed by atoms with Crippen LogP contribution < -0.4 is 5.32 Å². The summed E-state index contributed by atoms with van der Waals surface area (Å²) in [4.78, 5) is 20.4. The molecule has 1 aromatic carbocycles. The summed E-state index contributed by atoms with van der Waals surface area (Å²) in [5, 5.41) is 2.76. The van der Waals surface area contributed by atoms with Gasteiger partial charge >= 0.3 is 0 Å². The average molecular weight is 279 g/mol. The number of hydrogen-bond donors (Lipinski definition) is 1. The predicted octanol–water partition coefficient (Wildman–Crippen LogP) is 3.30. The van der Waals surface area contributed by atoms with Gasteiger partial charge in [-0.05, 0) is 31.2 Å². The van der Waals surface area contributed by atoms with Crippen LogP contribution in [0.15, 0.2) is 59.3 Å². The highest BCUT2D eigenvalue weighted by molar-refractivity contribution is 6.03. The van der Waals surface area contributed by atoms with Crippen LogP contribution in [-0.2, 0) is 0 Å². The second-order valence-corrected chi connectivity index (χ2v) is 4.48. The largest absolute Gasteiger partial charge is 0.441 e. The van der Waals surface area contributed by atoms with Crippen molar-refractivity contribution >= 4 is 11.6 Å². The summed E-state index contributed by atoms with van der Waals surface area (Å²) in [5.41, 5.74) is 1.79. The van der Waals surface area contributed by atoms with E-state index in [1.165, 1.54) is 0 Å². The van der Waals surface area contributed by atoms with Gasteiger partial charge in [0.2, 0.25) is 5.89 Å². The molecular formula is C16H13N3O2. The first kappa shape index (κ1) is 13.1. The van der Waals surface area contributed by atoms with Gasteiger partial charge < -0.3 is 9.73 Å².